The van der Waals surface area contributed by atoms with Gasteiger partial charge >= 0.3 is 0 Å². The van der Waals surface area contributed by atoms with Crippen LogP contribution in [0.5, 0.6) is 11.5 Å². The Morgan fingerprint density at radius 2 is 1.82 bits per heavy atom. The van der Waals surface area contributed by atoms with E-state index in [2.05, 4.69) is 0 Å². The van der Waals surface area contributed by atoms with Crippen LogP contribution in [0, 0.1) is 5.41 Å². The Kier molecular flexibility index (Phi) is 3.89. The minimum absolute atomic E-state index is 0.376. The van der Waals surface area contributed by atoms with E-state index in [1.165, 1.54) is 12.8 Å². The lowest BCUT2D eigenvalue weighted by Crippen LogP contribution is -2.18. The fourth-order valence-electron chi connectivity index (χ4n) is 1.95. The Bertz CT molecular complexity index is 361. The summed E-state index contributed by atoms with van der Waals surface area (Å²) in [5, 5.41) is 0. The zero-order valence-corrected chi connectivity index (χ0v) is 10.4. The smallest absolute Gasteiger partial charge is 0.161 e. The number of hydrogen-bond acceptors (Lipinski definition) is 3. The van der Waals surface area contributed by atoms with Crippen LogP contribution in [-0.4, -0.2) is 19.8 Å². The Hall–Kier alpha value is -1.22. The number of nitrogens with two attached hydrogens (primary N) is 1. The third kappa shape index (κ3) is 3.13. The third-order valence-electron chi connectivity index (χ3n) is 3.43. The molecule has 3 nitrogen and oxygen atoms in total. The minimum atomic E-state index is 0.376. The molecule has 1 aromatic carbocycles. The van der Waals surface area contributed by atoms with Crippen LogP contribution in [0.4, 0.5) is 0 Å². The minimum Gasteiger partial charge on any atom is -0.490 e. The lowest BCUT2D eigenvalue weighted by Gasteiger charge is -2.15. The van der Waals surface area contributed by atoms with E-state index in [4.69, 9.17) is 15.2 Å². The van der Waals surface area contributed by atoms with E-state index in [-0.39, 0.29) is 0 Å². The van der Waals surface area contributed by atoms with Crippen molar-refractivity contribution >= 4 is 0 Å². The number of ether oxygens (including phenoxy) is 2. The predicted molar refractivity (Wildman–Crippen MR) is 68.4 cm³/mol. The lowest BCUT2D eigenvalue weighted by atomic mass is 10.0. The number of para-hydroxylation sites is 2. The first-order valence-corrected chi connectivity index (χ1v) is 6.34. The summed E-state index contributed by atoms with van der Waals surface area (Å²) in [5.74, 6) is 1.66. The van der Waals surface area contributed by atoms with Crippen LogP contribution in [0.25, 0.3) is 0 Å². The van der Waals surface area contributed by atoms with Crippen LogP contribution in [-0.2, 0) is 0 Å². The van der Waals surface area contributed by atoms with Gasteiger partial charge in [0.1, 0.15) is 0 Å². The second kappa shape index (κ2) is 5.41. The van der Waals surface area contributed by atoms with Gasteiger partial charge in [-0.2, -0.15) is 0 Å². The molecule has 0 saturated heterocycles. The molecule has 0 radical (unpaired) electrons. The van der Waals surface area contributed by atoms with Crippen molar-refractivity contribution in [3.05, 3.63) is 24.3 Å². The van der Waals surface area contributed by atoms with Crippen LogP contribution in [0.3, 0.4) is 0 Å². The molecule has 1 aromatic rings. The Balaban J connectivity index is 1.85. The summed E-state index contributed by atoms with van der Waals surface area (Å²) >= 11 is 0. The third-order valence-corrected chi connectivity index (χ3v) is 3.43. The maximum Gasteiger partial charge on any atom is 0.161 e. The lowest BCUT2D eigenvalue weighted by molar-refractivity contribution is 0.250. The van der Waals surface area contributed by atoms with E-state index in [9.17, 15) is 0 Å². The fraction of sp³-hybridized carbons (Fsp3) is 0.571. The molecule has 0 amide bonds. The SMILES string of the molecule is CCOc1ccccc1OCCC1(CN)CC1. The van der Waals surface area contributed by atoms with Gasteiger partial charge in [0.25, 0.3) is 0 Å². The molecule has 1 aliphatic rings. The molecule has 1 fully saturated rings. The Morgan fingerprint density at radius 1 is 1.18 bits per heavy atom. The quantitative estimate of drug-likeness (QED) is 0.790. The van der Waals surface area contributed by atoms with E-state index in [0.717, 1.165) is 31.1 Å². The highest BCUT2D eigenvalue weighted by molar-refractivity contribution is 5.39. The molecule has 2 N–H and O–H groups in total. The molecule has 0 aromatic heterocycles. The average Bonchev–Trinajstić information content (AvgIpc) is 3.12. The van der Waals surface area contributed by atoms with Crippen LogP contribution < -0.4 is 15.2 Å². The largest absolute Gasteiger partial charge is 0.490 e. The summed E-state index contributed by atoms with van der Waals surface area (Å²) in [4.78, 5) is 0. The first kappa shape index (κ1) is 12.2. The summed E-state index contributed by atoms with van der Waals surface area (Å²) in [5.41, 5.74) is 6.12. The molecule has 0 unspecified atom stereocenters. The first-order valence-electron chi connectivity index (χ1n) is 6.34. The number of rotatable bonds is 7. The molecule has 0 heterocycles. The summed E-state index contributed by atoms with van der Waals surface area (Å²) in [6, 6.07) is 7.81. The van der Waals surface area contributed by atoms with Gasteiger partial charge in [0.2, 0.25) is 0 Å². The van der Waals surface area contributed by atoms with Crippen LogP contribution in [0.2, 0.25) is 0 Å². The molecule has 94 valence electrons. The molecule has 1 aliphatic carbocycles. The van der Waals surface area contributed by atoms with Gasteiger partial charge in [-0.1, -0.05) is 12.1 Å². The molecule has 3 heteroatoms. The Morgan fingerprint density at radius 3 is 2.35 bits per heavy atom. The van der Waals surface area contributed by atoms with Gasteiger partial charge in [-0.25, -0.2) is 0 Å². The highest BCUT2D eigenvalue weighted by Gasteiger charge is 2.40. The predicted octanol–water partition coefficient (Wildman–Crippen LogP) is 2.59. The van der Waals surface area contributed by atoms with Crippen molar-refractivity contribution in [1.29, 1.82) is 0 Å². The van der Waals surface area contributed by atoms with Crippen LogP contribution in [0.1, 0.15) is 26.2 Å². The van der Waals surface area contributed by atoms with Gasteiger partial charge in [-0.05, 0) is 50.3 Å². The molecule has 0 spiro atoms. The van der Waals surface area contributed by atoms with Crippen molar-refractivity contribution < 1.29 is 9.47 Å². The van der Waals surface area contributed by atoms with Crippen LogP contribution in [0.15, 0.2) is 24.3 Å². The monoisotopic (exact) mass is 235 g/mol. The average molecular weight is 235 g/mol. The standard InChI is InChI=1S/C14H21NO2/c1-2-16-12-5-3-4-6-13(12)17-10-9-14(11-15)7-8-14/h3-6H,2,7-11,15H2,1H3. The van der Waals surface area contributed by atoms with Gasteiger partial charge in [0.05, 0.1) is 13.2 Å². The normalized spacial score (nSPS) is 16.6. The van der Waals surface area contributed by atoms with Gasteiger partial charge < -0.3 is 15.2 Å². The molecule has 0 atom stereocenters. The molecule has 17 heavy (non-hydrogen) atoms. The van der Waals surface area contributed by atoms with Crippen molar-refractivity contribution in [3.8, 4) is 11.5 Å². The molecule has 1 saturated carbocycles. The second-order valence-electron chi connectivity index (χ2n) is 4.68. The summed E-state index contributed by atoms with van der Waals surface area (Å²) in [7, 11) is 0. The van der Waals surface area contributed by atoms with E-state index in [0.29, 0.717) is 12.0 Å². The second-order valence-corrected chi connectivity index (χ2v) is 4.68. The molecule has 2 rings (SSSR count). The van der Waals surface area contributed by atoms with Crippen molar-refractivity contribution in [2.45, 2.75) is 26.2 Å². The van der Waals surface area contributed by atoms with E-state index in [1.54, 1.807) is 0 Å². The molecule has 0 bridgehead atoms. The van der Waals surface area contributed by atoms with Gasteiger partial charge in [0.15, 0.2) is 11.5 Å². The van der Waals surface area contributed by atoms with Crippen molar-refractivity contribution in [2.75, 3.05) is 19.8 Å². The number of benzene rings is 1. The molecule has 0 aliphatic heterocycles. The topological polar surface area (TPSA) is 44.5 Å². The van der Waals surface area contributed by atoms with E-state index in [1.807, 2.05) is 31.2 Å². The highest BCUT2D eigenvalue weighted by atomic mass is 16.5. The maximum absolute atomic E-state index is 5.79. The fourth-order valence-corrected chi connectivity index (χ4v) is 1.95. The Labute approximate surface area is 103 Å². The summed E-state index contributed by atoms with van der Waals surface area (Å²) in [6.07, 6.45) is 3.55. The van der Waals surface area contributed by atoms with Gasteiger partial charge in [0, 0.05) is 0 Å². The summed E-state index contributed by atoms with van der Waals surface area (Å²) < 4.78 is 11.3. The van der Waals surface area contributed by atoms with Crippen molar-refractivity contribution in [2.24, 2.45) is 11.1 Å². The highest BCUT2D eigenvalue weighted by Crippen LogP contribution is 2.47. The van der Waals surface area contributed by atoms with Crippen molar-refractivity contribution in [3.63, 3.8) is 0 Å². The van der Waals surface area contributed by atoms with Gasteiger partial charge in [-0.3, -0.25) is 0 Å². The maximum atomic E-state index is 5.79. The van der Waals surface area contributed by atoms with Gasteiger partial charge in [-0.15, -0.1) is 0 Å². The molecular weight excluding hydrogens is 214 g/mol. The first-order chi connectivity index (χ1) is 8.29. The molecular formula is C14H21NO2. The van der Waals surface area contributed by atoms with Crippen LogP contribution >= 0.6 is 0 Å². The van der Waals surface area contributed by atoms with Crippen molar-refractivity contribution in [1.82, 2.24) is 0 Å². The zero-order valence-electron chi connectivity index (χ0n) is 10.4. The summed E-state index contributed by atoms with van der Waals surface area (Å²) in [6.45, 7) is 4.14. The number of hydrogen-bond donors (Lipinski definition) is 1. The van der Waals surface area contributed by atoms with E-state index < -0.39 is 0 Å². The zero-order chi connectivity index (χ0) is 12.1. The van der Waals surface area contributed by atoms with E-state index >= 15 is 0 Å².